The Kier molecular flexibility index (Phi) is 14.0. The SMILES string of the molecule is CCNC(=NCc1ccc(F)c(CN(C)C)c1)NCc1ccc(C)cc1OCCCOC.I. The van der Waals surface area contributed by atoms with Crippen LogP contribution in [0.15, 0.2) is 41.4 Å². The predicted octanol–water partition coefficient (Wildman–Crippen LogP) is 4.48. The van der Waals surface area contributed by atoms with E-state index in [0.717, 1.165) is 35.4 Å². The summed E-state index contributed by atoms with van der Waals surface area (Å²) in [5.74, 6) is 1.39. The molecule has 2 N–H and O–H groups in total. The molecule has 0 heterocycles. The molecule has 0 spiro atoms. The summed E-state index contributed by atoms with van der Waals surface area (Å²) >= 11 is 0. The highest BCUT2D eigenvalue weighted by Gasteiger charge is 2.08. The Hall–Kier alpha value is -1.91. The zero-order valence-electron chi connectivity index (χ0n) is 20.4. The zero-order valence-corrected chi connectivity index (χ0v) is 22.7. The molecule has 0 aliphatic rings. The number of nitrogens with zero attached hydrogens (tertiary/aromatic N) is 2. The first-order valence-corrected chi connectivity index (χ1v) is 11.1. The fraction of sp³-hybridized carbons (Fsp3) is 0.480. The van der Waals surface area contributed by atoms with Gasteiger partial charge in [-0.2, -0.15) is 0 Å². The van der Waals surface area contributed by atoms with Crippen LogP contribution < -0.4 is 15.4 Å². The zero-order chi connectivity index (χ0) is 23.3. The van der Waals surface area contributed by atoms with Crippen LogP contribution in [0.25, 0.3) is 0 Å². The van der Waals surface area contributed by atoms with Gasteiger partial charge in [0.25, 0.3) is 0 Å². The molecule has 0 unspecified atom stereocenters. The van der Waals surface area contributed by atoms with Crippen molar-refractivity contribution in [2.75, 3.05) is 41.0 Å². The molecular weight excluding hydrogens is 534 g/mol. The molecule has 0 radical (unpaired) electrons. The maximum Gasteiger partial charge on any atom is 0.191 e. The number of methoxy groups -OCH3 is 1. The summed E-state index contributed by atoms with van der Waals surface area (Å²) in [4.78, 5) is 6.64. The number of halogens is 2. The van der Waals surface area contributed by atoms with Gasteiger partial charge in [-0.05, 0) is 57.3 Å². The van der Waals surface area contributed by atoms with E-state index in [4.69, 9.17) is 9.47 Å². The van der Waals surface area contributed by atoms with Gasteiger partial charge >= 0.3 is 0 Å². The molecule has 0 saturated heterocycles. The second kappa shape index (κ2) is 15.8. The van der Waals surface area contributed by atoms with Gasteiger partial charge in [0.05, 0.1) is 13.2 Å². The van der Waals surface area contributed by atoms with Crippen molar-refractivity contribution in [2.45, 2.75) is 39.9 Å². The van der Waals surface area contributed by atoms with Gasteiger partial charge in [0, 0.05) is 50.9 Å². The predicted molar refractivity (Wildman–Crippen MR) is 144 cm³/mol. The Balaban J connectivity index is 0.00000544. The molecule has 33 heavy (non-hydrogen) atoms. The third-order valence-electron chi connectivity index (χ3n) is 4.78. The number of ether oxygens (including phenoxy) is 2. The topological polar surface area (TPSA) is 58.1 Å². The molecule has 0 bridgehead atoms. The summed E-state index contributed by atoms with van der Waals surface area (Å²) in [6.45, 7) is 7.72. The van der Waals surface area contributed by atoms with Crippen LogP contribution in [0.4, 0.5) is 4.39 Å². The van der Waals surface area contributed by atoms with Gasteiger partial charge < -0.3 is 25.0 Å². The lowest BCUT2D eigenvalue weighted by molar-refractivity contribution is 0.171. The molecule has 6 nitrogen and oxygen atoms in total. The van der Waals surface area contributed by atoms with Crippen LogP contribution in [0.1, 0.15) is 35.6 Å². The third-order valence-corrected chi connectivity index (χ3v) is 4.78. The fourth-order valence-electron chi connectivity index (χ4n) is 3.21. The van der Waals surface area contributed by atoms with Gasteiger partial charge in [-0.1, -0.05) is 18.2 Å². The average molecular weight is 573 g/mol. The van der Waals surface area contributed by atoms with E-state index >= 15 is 0 Å². The second-order valence-electron chi connectivity index (χ2n) is 8.02. The third kappa shape index (κ3) is 10.7. The number of guanidine groups is 1. The largest absolute Gasteiger partial charge is 0.493 e. The first-order chi connectivity index (χ1) is 15.4. The van der Waals surface area contributed by atoms with Gasteiger partial charge in [-0.15, -0.1) is 24.0 Å². The quantitative estimate of drug-likeness (QED) is 0.170. The number of hydrogen-bond donors (Lipinski definition) is 2. The van der Waals surface area contributed by atoms with E-state index in [1.807, 2.05) is 32.0 Å². The van der Waals surface area contributed by atoms with E-state index in [1.165, 1.54) is 6.07 Å². The average Bonchev–Trinajstić information content (AvgIpc) is 2.76. The second-order valence-corrected chi connectivity index (χ2v) is 8.02. The minimum Gasteiger partial charge on any atom is -0.493 e. The van der Waals surface area contributed by atoms with E-state index in [-0.39, 0.29) is 29.8 Å². The lowest BCUT2D eigenvalue weighted by Crippen LogP contribution is -2.36. The van der Waals surface area contributed by atoms with Crippen LogP contribution in [0.3, 0.4) is 0 Å². The van der Waals surface area contributed by atoms with Gasteiger partial charge in [-0.25, -0.2) is 9.38 Å². The molecule has 2 aromatic rings. The first kappa shape index (κ1) is 29.1. The standard InChI is InChI=1S/C25H37FN4O2.HI/c1-6-27-25(28-16-20-9-11-23(26)22(15-20)18-30(3)4)29-17-21-10-8-19(2)14-24(21)32-13-7-12-31-5;/h8-11,14-15H,6-7,12-13,16-18H2,1-5H3,(H2,27,28,29);1H. The summed E-state index contributed by atoms with van der Waals surface area (Å²) in [6, 6.07) is 11.4. The Bertz CT molecular complexity index is 877. The molecular formula is C25H38FIN4O2. The highest BCUT2D eigenvalue weighted by atomic mass is 127. The highest BCUT2D eigenvalue weighted by Crippen LogP contribution is 2.20. The van der Waals surface area contributed by atoms with Gasteiger partial charge in [0.1, 0.15) is 11.6 Å². The molecule has 0 aliphatic heterocycles. The Morgan fingerprint density at radius 1 is 1.06 bits per heavy atom. The number of rotatable bonds is 12. The number of hydrogen-bond acceptors (Lipinski definition) is 4. The van der Waals surface area contributed by atoms with Crippen molar-refractivity contribution in [1.82, 2.24) is 15.5 Å². The summed E-state index contributed by atoms with van der Waals surface area (Å²) < 4.78 is 25.1. The van der Waals surface area contributed by atoms with Crippen LogP contribution in [-0.4, -0.2) is 51.8 Å². The first-order valence-electron chi connectivity index (χ1n) is 11.1. The molecule has 0 fully saturated rings. The van der Waals surface area contributed by atoms with E-state index < -0.39 is 0 Å². The smallest absolute Gasteiger partial charge is 0.191 e. The minimum atomic E-state index is -0.186. The Labute approximate surface area is 215 Å². The summed E-state index contributed by atoms with van der Waals surface area (Å²) in [7, 11) is 5.55. The lowest BCUT2D eigenvalue weighted by Gasteiger charge is -2.16. The van der Waals surface area contributed by atoms with Crippen LogP contribution in [0, 0.1) is 12.7 Å². The van der Waals surface area contributed by atoms with Crippen LogP contribution in [0.2, 0.25) is 0 Å². The molecule has 0 amide bonds. The van der Waals surface area contributed by atoms with E-state index in [1.54, 1.807) is 13.2 Å². The molecule has 2 rings (SSSR count). The molecule has 8 heteroatoms. The number of nitrogens with one attached hydrogen (secondary N) is 2. The van der Waals surface area contributed by atoms with Crippen molar-refractivity contribution >= 4 is 29.9 Å². The fourth-order valence-corrected chi connectivity index (χ4v) is 3.21. The van der Waals surface area contributed by atoms with Crippen molar-refractivity contribution in [3.05, 3.63) is 64.5 Å². The van der Waals surface area contributed by atoms with Crippen molar-refractivity contribution in [3.63, 3.8) is 0 Å². The highest BCUT2D eigenvalue weighted by molar-refractivity contribution is 14.0. The molecule has 2 aromatic carbocycles. The molecule has 184 valence electrons. The van der Waals surface area contributed by atoms with Crippen molar-refractivity contribution in [3.8, 4) is 5.75 Å². The van der Waals surface area contributed by atoms with Crippen LogP contribution in [-0.2, 0) is 24.4 Å². The van der Waals surface area contributed by atoms with E-state index in [2.05, 4.69) is 40.7 Å². The summed E-state index contributed by atoms with van der Waals surface area (Å²) in [5.41, 5.74) is 3.86. The van der Waals surface area contributed by atoms with Gasteiger partial charge in [0.2, 0.25) is 0 Å². The molecule has 0 atom stereocenters. The van der Waals surface area contributed by atoms with Gasteiger partial charge in [0.15, 0.2) is 5.96 Å². The maximum absolute atomic E-state index is 14.0. The normalized spacial score (nSPS) is 11.3. The number of aliphatic imine (C=N–C) groups is 1. The Morgan fingerprint density at radius 2 is 1.85 bits per heavy atom. The van der Waals surface area contributed by atoms with Crippen molar-refractivity contribution < 1.29 is 13.9 Å². The lowest BCUT2D eigenvalue weighted by atomic mass is 10.1. The van der Waals surface area contributed by atoms with Crippen LogP contribution >= 0.6 is 24.0 Å². The molecule has 0 aromatic heterocycles. The molecule has 0 saturated carbocycles. The van der Waals surface area contributed by atoms with Gasteiger partial charge in [-0.3, -0.25) is 0 Å². The Morgan fingerprint density at radius 3 is 2.55 bits per heavy atom. The minimum absolute atomic E-state index is 0. The van der Waals surface area contributed by atoms with E-state index in [0.29, 0.717) is 44.4 Å². The molecule has 0 aliphatic carbocycles. The summed E-state index contributed by atoms with van der Waals surface area (Å²) in [6.07, 6.45) is 0.842. The number of benzene rings is 2. The van der Waals surface area contributed by atoms with E-state index in [9.17, 15) is 4.39 Å². The summed E-state index contributed by atoms with van der Waals surface area (Å²) in [5, 5.41) is 6.65. The monoisotopic (exact) mass is 572 g/mol. The van der Waals surface area contributed by atoms with Crippen molar-refractivity contribution in [1.29, 1.82) is 0 Å². The van der Waals surface area contributed by atoms with Crippen LogP contribution in [0.5, 0.6) is 5.75 Å². The number of aryl methyl sites for hydroxylation is 1. The maximum atomic E-state index is 14.0. The van der Waals surface area contributed by atoms with Crippen molar-refractivity contribution in [2.24, 2.45) is 4.99 Å².